The summed E-state index contributed by atoms with van der Waals surface area (Å²) in [5, 5.41) is 38.7. The van der Waals surface area contributed by atoms with Crippen molar-refractivity contribution in [2.45, 2.75) is 31.6 Å². The van der Waals surface area contributed by atoms with Crippen molar-refractivity contribution in [3.05, 3.63) is 48.2 Å². The van der Waals surface area contributed by atoms with Crippen LogP contribution in [0.2, 0.25) is 0 Å². The van der Waals surface area contributed by atoms with Gasteiger partial charge in [0.1, 0.15) is 28.4 Å². The van der Waals surface area contributed by atoms with Crippen LogP contribution in [0.15, 0.2) is 42.5 Å². The molecule has 3 atom stereocenters. The Kier molecular flexibility index (Phi) is 6.86. The number of hydrogen-bond donors (Lipinski definition) is 5. The van der Waals surface area contributed by atoms with E-state index in [1.165, 1.54) is 11.3 Å². The third kappa shape index (κ3) is 4.78. The minimum Gasteiger partial charge on any atom is -0.497 e. The Morgan fingerprint density at radius 1 is 1.11 bits per heavy atom. The van der Waals surface area contributed by atoms with Crippen LogP contribution < -0.4 is 20.1 Å². The third-order valence-electron chi connectivity index (χ3n) is 6.65. The standard InChI is InChI=1S/C26H29N5O5S/c1-14-21(24-28-18-6-4-5-7-20(18)37-24)23(31-26(34)11-10-15(13-32)22(26)33)30-25(27-14)29-17-9-8-16(35-2)12-19(17)36-3/h4-9,12,15,22,32-34H,10-11,13H2,1-3H3,(H2,27,29,30,31). The van der Waals surface area contributed by atoms with Crippen LogP contribution in [0.3, 0.4) is 0 Å². The maximum Gasteiger partial charge on any atom is 0.229 e. The van der Waals surface area contributed by atoms with E-state index in [-0.39, 0.29) is 19.0 Å². The molecule has 0 radical (unpaired) electrons. The first kappa shape index (κ1) is 25.2. The fraction of sp³-hybridized carbons (Fsp3) is 0.346. The molecule has 0 aliphatic heterocycles. The molecule has 3 unspecified atom stereocenters. The number of nitrogens with zero attached hydrogens (tertiary/aromatic N) is 3. The summed E-state index contributed by atoms with van der Waals surface area (Å²) in [6, 6.07) is 13.1. The van der Waals surface area contributed by atoms with E-state index in [1.807, 2.05) is 31.2 Å². The van der Waals surface area contributed by atoms with Crippen LogP contribution >= 0.6 is 11.3 Å². The molecule has 2 aromatic carbocycles. The Morgan fingerprint density at radius 3 is 2.62 bits per heavy atom. The van der Waals surface area contributed by atoms with Crippen molar-refractivity contribution in [2.24, 2.45) is 5.92 Å². The molecule has 11 heteroatoms. The smallest absolute Gasteiger partial charge is 0.229 e. The average Bonchev–Trinajstić information content (AvgIpc) is 3.44. The number of anilines is 3. The topological polar surface area (TPSA) is 142 Å². The Morgan fingerprint density at radius 2 is 1.92 bits per heavy atom. The Balaban J connectivity index is 1.59. The van der Waals surface area contributed by atoms with E-state index < -0.39 is 17.7 Å². The number of aromatic nitrogens is 3. The fourth-order valence-electron chi connectivity index (χ4n) is 4.61. The van der Waals surface area contributed by atoms with Gasteiger partial charge in [0.15, 0.2) is 5.72 Å². The number of hydrogen-bond acceptors (Lipinski definition) is 11. The first-order chi connectivity index (χ1) is 17.8. The van der Waals surface area contributed by atoms with Crippen molar-refractivity contribution in [1.82, 2.24) is 15.0 Å². The Bertz CT molecular complexity index is 1400. The highest BCUT2D eigenvalue weighted by Crippen LogP contribution is 2.41. The highest BCUT2D eigenvalue weighted by Gasteiger charge is 2.47. The van der Waals surface area contributed by atoms with Gasteiger partial charge in [-0.1, -0.05) is 12.1 Å². The number of ether oxygens (including phenoxy) is 2. The van der Waals surface area contributed by atoms with E-state index in [0.717, 1.165) is 10.2 Å². The Hall–Kier alpha value is -3.51. The number of fused-ring (bicyclic) bond motifs is 1. The molecule has 5 N–H and O–H groups in total. The largest absolute Gasteiger partial charge is 0.497 e. The zero-order valence-corrected chi connectivity index (χ0v) is 21.5. The fourth-order valence-corrected chi connectivity index (χ4v) is 5.67. The molecule has 1 saturated carbocycles. The second-order valence-corrected chi connectivity index (χ2v) is 10.0. The summed E-state index contributed by atoms with van der Waals surface area (Å²) < 4.78 is 11.8. The van der Waals surface area contributed by atoms with Crippen molar-refractivity contribution in [3.8, 4) is 22.1 Å². The quantitative estimate of drug-likeness (QED) is 0.217. The van der Waals surface area contributed by atoms with Crippen molar-refractivity contribution >= 4 is 39.0 Å². The number of aryl methyl sites for hydroxylation is 1. The minimum atomic E-state index is -1.67. The predicted octanol–water partition coefficient (Wildman–Crippen LogP) is 3.69. The minimum absolute atomic E-state index is 0.219. The number of thiazole rings is 1. The number of aliphatic hydroxyl groups excluding tert-OH is 2. The number of methoxy groups -OCH3 is 2. The van der Waals surface area contributed by atoms with Crippen molar-refractivity contribution in [3.63, 3.8) is 0 Å². The molecule has 1 aliphatic rings. The van der Waals surface area contributed by atoms with Gasteiger partial charge in [-0.25, -0.2) is 9.97 Å². The van der Waals surface area contributed by atoms with Crippen LogP contribution in [-0.4, -0.2) is 62.9 Å². The molecule has 0 amide bonds. The molecule has 2 heterocycles. The number of nitrogens with one attached hydrogen (secondary N) is 2. The highest BCUT2D eigenvalue weighted by molar-refractivity contribution is 7.21. The SMILES string of the molecule is COc1ccc(Nc2nc(C)c(-c3nc4ccccc4s3)c(NC3(O)CCC(CO)C3O)n2)c(OC)c1. The van der Waals surface area contributed by atoms with Gasteiger partial charge in [0.2, 0.25) is 5.95 Å². The first-order valence-electron chi connectivity index (χ1n) is 11.9. The van der Waals surface area contributed by atoms with Crippen molar-refractivity contribution < 1.29 is 24.8 Å². The average molecular weight is 524 g/mol. The third-order valence-corrected chi connectivity index (χ3v) is 7.71. The summed E-state index contributed by atoms with van der Waals surface area (Å²) in [6.07, 6.45) is -0.457. The van der Waals surface area contributed by atoms with Crippen LogP contribution in [0.5, 0.6) is 11.5 Å². The first-order valence-corrected chi connectivity index (χ1v) is 12.7. The maximum atomic E-state index is 11.3. The molecular weight excluding hydrogens is 494 g/mol. The van der Waals surface area contributed by atoms with Gasteiger partial charge >= 0.3 is 0 Å². The van der Waals surface area contributed by atoms with Crippen molar-refractivity contribution in [1.29, 1.82) is 0 Å². The van der Waals surface area contributed by atoms with E-state index in [2.05, 4.69) is 15.6 Å². The van der Waals surface area contributed by atoms with Crippen LogP contribution in [0.25, 0.3) is 20.8 Å². The summed E-state index contributed by atoms with van der Waals surface area (Å²) in [5.74, 6) is 1.34. The molecule has 4 aromatic rings. The summed E-state index contributed by atoms with van der Waals surface area (Å²) in [7, 11) is 3.14. The van der Waals surface area contributed by atoms with Gasteiger partial charge in [-0.2, -0.15) is 4.98 Å². The molecule has 0 saturated heterocycles. The molecule has 10 nitrogen and oxygen atoms in total. The molecule has 0 bridgehead atoms. The van der Waals surface area contributed by atoms with Gasteiger partial charge in [0, 0.05) is 18.6 Å². The maximum absolute atomic E-state index is 11.3. The number of para-hydroxylation sites is 1. The summed E-state index contributed by atoms with van der Waals surface area (Å²) in [5.41, 5.74) is 1.05. The highest BCUT2D eigenvalue weighted by atomic mass is 32.1. The van der Waals surface area contributed by atoms with Gasteiger partial charge in [-0.3, -0.25) is 0 Å². The predicted molar refractivity (Wildman–Crippen MR) is 143 cm³/mol. The lowest BCUT2D eigenvalue weighted by atomic mass is 10.0. The van der Waals surface area contributed by atoms with Gasteiger partial charge in [-0.15, -0.1) is 11.3 Å². The molecule has 2 aromatic heterocycles. The molecule has 5 rings (SSSR count). The van der Waals surface area contributed by atoms with E-state index in [9.17, 15) is 15.3 Å². The number of aliphatic hydroxyl groups is 3. The van der Waals surface area contributed by atoms with Gasteiger partial charge in [-0.05, 0) is 44.0 Å². The van der Waals surface area contributed by atoms with E-state index in [1.54, 1.807) is 32.4 Å². The normalized spacial score (nSPS) is 21.2. The van der Waals surface area contributed by atoms with Crippen LogP contribution in [-0.2, 0) is 0 Å². The monoisotopic (exact) mass is 523 g/mol. The Labute approximate surface area is 218 Å². The number of benzene rings is 2. The van der Waals surface area contributed by atoms with Crippen LogP contribution in [0, 0.1) is 12.8 Å². The summed E-state index contributed by atoms with van der Waals surface area (Å²) in [4.78, 5) is 14.1. The molecule has 0 spiro atoms. The van der Waals surface area contributed by atoms with E-state index in [4.69, 9.17) is 19.4 Å². The van der Waals surface area contributed by atoms with Crippen molar-refractivity contribution in [2.75, 3.05) is 31.5 Å². The molecule has 1 fully saturated rings. The van der Waals surface area contributed by atoms with Gasteiger partial charge in [0.25, 0.3) is 0 Å². The lowest BCUT2D eigenvalue weighted by molar-refractivity contribution is -0.0545. The van der Waals surface area contributed by atoms with Gasteiger partial charge in [0.05, 0.1) is 41.4 Å². The second kappa shape index (κ2) is 10.1. The van der Waals surface area contributed by atoms with E-state index in [0.29, 0.717) is 45.7 Å². The molecule has 37 heavy (non-hydrogen) atoms. The molecular formula is C26H29N5O5S. The lowest BCUT2D eigenvalue weighted by Gasteiger charge is -2.31. The van der Waals surface area contributed by atoms with E-state index >= 15 is 0 Å². The molecule has 194 valence electrons. The lowest BCUT2D eigenvalue weighted by Crippen LogP contribution is -2.48. The molecule has 1 aliphatic carbocycles. The zero-order valence-electron chi connectivity index (χ0n) is 20.7. The van der Waals surface area contributed by atoms with Gasteiger partial charge < -0.3 is 35.4 Å². The summed E-state index contributed by atoms with van der Waals surface area (Å²) in [6.45, 7) is 1.62. The van der Waals surface area contributed by atoms with Crippen LogP contribution in [0.1, 0.15) is 18.5 Å². The number of rotatable bonds is 8. The second-order valence-electron chi connectivity index (χ2n) is 9.01. The summed E-state index contributed by atoms with van der Waals surface area (Å²) >= 11 is 1.49. The van der Waals surface area contributed by atoms with Crippen LogP contribution in [0.4, 0.5) is 17.5 Å². The zero-order chi connectivity index (χ0) is 26.2.